The van der Waals surface area contributed by atoms with Crippen molar-refractivity contribution in [2.75, 3.05) is 26.2 Å². The fraction of sp³-hybridized carbons (Fsp3) is 0.550. The van der Waals surface area contributed by atoms with Crippen LogP contribution in [0.1, 0.15) is 54.4 Å². The van der Waals surface area contributed by atoms with Gasteiger partial charge in [0.2, 0.25) is 0 Å². The van der Waals surface area contributed by atoms with Gasteiger partial charge >= 0.3 is 0 Å². The SMILES string of the molecule is CCN1CCC(c2c[nH]c3ccc(C(=O)C4CCCO4)cc23)CC1. The molecule has 1 aromatic heterocycles. The van der Waals surface area contributed by atoms with Gasteiger partial charge in [-0.15, -0.1) is 0 Å². The summed E-state index contributed by atoms with van der Waals surface area (Å²) in [6.07, 6.45) is 6.15. The average Bonchev–Trinajstić information content (AvgIpc) is 3.30. The third kappa shape index (κ3) is 2.89. The number of piperidine rings is 1. The molecule has 4 rings (SSSR count). The van der Waals surface area contributed by atoms with Gasteiger partial charge in [-0.2, -0.15) is 0 Å². The summed E-state index contributed by atoms with van der Waals surface area (Å²) in [5, 5.41) is 1.22. The Labute approximate surface area is 143 Å². The Balaban J connectivity index is 1.60. The predicted octanol–water partition coefficient (Wildman–Crippen LogP) is 3.73. The third-order valence-corrected chi connectivity index (χ3v) is 5.70. The van der Waals surface area contributed by atoms with Gasteiger partial charge in [-0.25, -0.2) is 0 Å². The van der Waals surface area contributed by atoms with Crippen LogP contribution in [0.15, 0.2) is 24.4 Å². The smallest absolute Gasteiger partial charge is 0.191 e. The monoisotopic (exact) mass is 326 g/mol. The number of hydrogen-bond donors (Lipinski definition) is 1. The van der Waals surface area contributed by atoms with Crippen molar-refractivity contribution >= 4 is 16.7 Å². The number of nitrogens with zero attached hydrogens (tertiary/aromatic N) is 1. The van der Waals surface area contributed by atoms with Crippen molar-refractivity contribution in [2.24, 2.45) is 0 Å². The number of nitrogens with one attached hydrogen (secondary N) is 1. The highest BCUT2D eigenvalue weighted by molar-refractivity contribution is 6.02. The molecule has 0 radical (unpaired) electrons. The lowest BCUT2D eigenvalue weighted by Gasteiger charge is -2.31. The second-order valence-electron chi connectivity index (χ2n) is 7.08. The van der Waals surface area contributed by atoms with E-state index in [0.717, 1.165) is 30.5 Å². The van der Waals surface area contributed by atoms with Crippen molar-refractivity contribution in [1.29, 1.82) is 0 Å². The number of ether oxygens (including phenoxy) is 1. The Bertz CT molecular complexity index is 722. The zero-order chi connectivity index (χ0) is 16.5. The molecule has 2 fully saturated rings. The first kappa shape index (κ1) is 15.9. The number of aromatic nitrogens is 1. The molecule has 0 spiro atoms. The molecule has 0 amide bonds. The van der Waals surface area contributed by atoms with Gasteiger partial charge in [-0.05, 0) is 75.0 Å². The highest BCUT2D eigenvalue weighted by Crippen LogP contribution is 2.34. The number of hydrogen-bond acceptors (Lipinski definition) is 3. The molecule has 3 heterocycles. The van der Waals surface area contributed by atoms with Gasteiger partial charge in [0.25, 0.3) is 0 Å². The van der Waals surface area contributed by atoms with Crippen LogP contribution in [0.5, 0.6) is 0 Å². The molecule has 1 N–H and O–H groups in total. The summed E-state index contributed by atoms with van der Waals surface area (Å²) in [6, 6.07) is 6.06. The van der Waals surface area contributed by atoms with Crippen LogP contribution >= 0.6 is 0 Å². The third-order valence-electron chi connectivity index (χ3n) is 5.70. The summed E-state index contributed by atoms with van der Waals surface area (Å²) < 4.78 is 5.57. The highest BCUT2D eigenvalue weighted by atomic mass is 16.5. The zero-order valence-corrected chi connectivity index (χ0v) is 14.4. The van der Waals surface area contributed by atoms with Crippen molar-refractivity contribution in [2.45, 2.75) is 44.6 Å². The number of rotatable bonds is 4. The summed E-state index contributed by atoms with van der Waals surface area (Å²) in [6.45, 7) is 6.42. The molecular formula is C20H26N2O2. The molecule has 1 aromatic carbocycles. The summed E-state index contributed by atoms with van der Waals surface area (Å²) in [7, 11) is 0. The number of fused-ring (bicyclic) bond motifs is 1. The van der Waals surface area contributed by atoms with Gasteiger partial charge in [0.1, 0.15) is 6.10 Å². The topological polar surface area (TPSA) is 45.3 Å². The van der Waals surface area contributed by atoms with E-state index in [0.29, 0.717) is 12.5 Å². The Kier molecular flexibility index (Phi) is 4.42. The van der Waals surface area contributed by atoms with Crippen LogP contribution in [0.2, 0.25) is 0 Å². The van der Waals surface area contributed by atoms with Crippen molar-refractivity contribution in [3.05, 3.63) is 35.5 Å². The van der Waals surface area contributed by atoms with Crippen molar-refractivity contribution in [3.63, 3.8) is 0 Å². The summed E-state index contributed by atoms with van der Waals surface area (Å²) in [5.41, 5.74) is 3.30. The number of Topliss-reactive ketones (excluding diaryl/α,β-unsaturated/α-hetero) is 1. The molecule has 4 heteroatoms. The molecule has 4 nitrogen and oxygen atoms in total. The lowest BCUT2D eigenvalue weighted by Crippen LogP contribution is -2.32. The first-order valence-corrected chi connectivity index (χ1v) is 9.25. The Morgan fingerprint density at radius 1 is 1.29 bits per heavy atom. The van der Waals surface area contributed by atoms with Gasteiger partial charge in [0.05, 0.1) is 0 Å². The lowest BCUT2D eigenvalue weighted by molar-refractivity contribution is 0.0643. The fourth-order valence-corrected chi connectivity index (χ4v) is 4.16. The van der Waals surface area contributed by atoms with E-state index in [2.05, 4.69) is 29.1 Å². The first-order valence-electron chi connectivity index (χ1n) is 9.25. The first-order chi connectivity index (χ1) is 11.8. The van der Waals surface area contributed by atoms with Crippen LogP contribution in [0.25, 0.3) is 10.9 Å². The fourth-order valence-electron chi connectivity index (χ4n) is 4.16. The van der Waals surface area contributed by atoms with Gasteiger partial charge in [-0.1, -0.05) is 6.92 Å². The molecule has 2 aromatic rings. The quantitative estimate of drug-likeness (QED) is 0.871. The highest BCUT2D eigenvalue weighted by Gasteiger charge is 2.26. The van der Waals surface area contributed by atoms with Crippen LogP contribution < -0.4 is 0 Å². The molecule has 1 unspecified atom stereocenters. The minimum atomic E-state index is -0.238. The molecule has 2 saturated heterocycles. The predicted molar refractivity (Wildman–Crippen MR) is 95.7 cm³/mol. The molecule has 0 bridgehead atoms. The Hall–Kier alpha value is -1.65. The molecular weight excluding hydrogens is 300 g/mol. The van der Waals surface area contributed by atoms with E-state index in [9.17, 15) is 4.79 Å². The maximum absolute atomic E-state index is 12.6. The maximum atomic E-state index is 12.6. The molecule has 0 aliphatic carbocycles. The standard InChI is InChI=1S/C20H26N2O2/c1-2-22-9-7-14(8-10-22)17-13-21-18-6-5-15(12-16(17)18)20(23)19-4-3-11-24-19/h5-6,12-14,19,21H,2-4,7-11H2,1H3. The van der Waals surface area contributed by atoms with Crippen LogP contribution in [0.3, 0.4) is 0 Å². The van der Waals surface area contributed by atoms with E-state index in [1.165, 1.54) is 36.9 Å². The van der Waals surface area contributed by atoms with E-state index >= 15 is 0 Å². The molecule has 2 aliphatic rings. The minimum Gasteiger partial charge on any atom is -0.370 e. The van der Waals surface area contributed by atoms with Gasteiger partial charge in [0, 0.05) is 29.3 Å². The molecule has 128 valence electrons. The summed E-state index contributed by atoms with van der Waals surface area (Å²) in [4.78, 5) is 18.5. The molecule has 2 aliphatic heterocycles. The van der Waals surface area contributed by atoms with Crippen molar-refractivity contribution < 1.29 is 9.53 Å². The van der Waals surface area contributed by atoms with Crippen molar-refractivity contribution in [1.82, 2.24) is 9.88 Å². The molecule has 0 saturated carbocycles. The molecule has 1 atom stereocenters. The zero-order valence-electron chi connectivity index (χ0n) is 14.4. The van der Waals surface area contributed by atoms with Crippen LogP contribution in [-0.4, -0.2) is 48.0 Å². The number of H-pyrrole nitrogens is 1. The number of benzene rings is 1. The number of carbonyl (C=O) groups excluding carboxylic acids is 1. The number of carbonyl (C=O) groups is 1. The van der Waals surface area contributed by atoms with Crippen LogP contribution in [0.4, 0.5) is 0 Å². The largest absolute Gasteiger partial charge is 0.370 e. The minimum absolute atomic E-state index is 0.141. The summed E-state index contributed by atoms with van der Waals surface area (Å²) in [5.74, 6) is 0.733. The van der Waals surface area contributed by atoms with E-state index in [1.807, 2.05) is 12.1 Å². The van der Waals surface area contributed by atoms with Crippen LogP contribution in [0, 0.1) is 0 Å². The normalized spacial score (nSPS) is 23.1. The number of aromatic amines is 1. The van der Waals surface area contributed by atoms with Crippen molar-refractivity contribution in [3.8, 4) is 0 Å². The maximum Gasteiger partial charge on any atom is 0.191 e. The summed E-state index contributed by atoms with van der Waals surface area (Å²) >= 11 is 0. The van der Waals surface area contributed by atoms with Crippen LogP contribution in [-0.2, 0) is 4.74 Å². The molecule has 24 heavy (non-hydrogen) atoms. The number of likely N-dealkylation sites (tertiary alicyclic amines) is 1. The second-order valence-corrected chi connectivity index (χ2v) is 7.08. The average molecular weight is 326 g/mol. The Morgan fingerprint density at radius 2 is 2.12 bits per heavy atom. The van der Waals surface area contributed by atoms with E-state index in [4.69, 9.17) is 4.74 Å². The second kappa shape index (κ2) is 6.69. The van der Waals surface area contributed by atoms with Gasteiger partial charge in [-0.3, -0.25) is 4.79 Å². The number of ketones is 1. The lowest BCUT2D eigenvalue weighted by atomic mass is 9.88. The van der Waals surface area contributed by atoms with Gasteiger partial charge < -0.3 is 14.6 Å². The van der Waals surface area contributed by atoms with E-state index < -0.39 is 0 Å². The Morgan fingerprint density at radius 3 is 2.83 bits per heavy atom. The van der Waals surface area contributed by atoms with E-state index in [1.54, 1.807) is 0 Å². The van der Waals surface area contributed by atoms with E-state index in [-0.39, 0.29) is 11.9 Å². The van der Waals surface area contributed by atoms with Gasteiger partial charge in [0.15, 0.2) is 5.78 Å².